The second-order valence-corrected chi connectivity index (χ2v) is 7.85. The van der Waals surface area contributed by atoms with Crippen molar-refractivity contribution in [2.45, 2.75) is 23.9 Å². The number of oxime groups is 1. The summed E-state index contributed by atoms with van der Waals surface area (Å²) in [5.74, 6) is -1.02. The maximum atomic E-state index is 14.4. The Bertz CT molecular complexity index is 966. The summed E-state index contributed by atoms with van der Waals surface area (Å²) in [6.45, 7) is 0.360. The Morgan fingerprint density at radius 3 is 2.07 bits per heavy atom. The Kier molecular flexibility index (Phi) is 4.79. The SMILES string of the molecule is Fc1c(Cl)cc([C@]2(C(F)(F)F)CC(c3ccc(C4(F)CNC4)cc3)=NO2)cc1Cl. The van der Waals surface area contributed by atoms with Crippen LogP contribution in [0.3, 0.4) is 0 Å². The van der Waals surface area contributed by atoms with Crippen LogP contribution in [0.2, 0.25) is 10.0 Å². The molecule has 2 aliphatic rings. The number of nitrogens with one attached hydrogen (secondary N) is 1. The minimum Gasteiger partial charge on any atom is -0.374 e. The molecule has 1 saturated heterocycles. The van der Waals surface area contributed by atoms with Crippen molar-refractivity contribution in [2.24, 2.45) is 5.16 Å². The van der Waals surface area contributed by atoms with Gasteiger partial charge in [-0.15, -0.1) is 0 Å². The molecule has 1 fully saturated rings. The minimum atomic E-state index is -4.89. The summed E-state index contributed by atoms with van der Waals surface area (Å²) in [7, 11) is 0. The van der Waals surface area contributed by atoms with E-state index in [2.05, 4.69) is 10.5 Å². The van der Waals surface area contributed by atoms with Crippen molar-refractivity contribution in [2.75, 3.05) is 13.1 Å². The van der Waals surface area contributed by atoms with Gasteiger partial charge >= 0.3 is 6.18 Å². The fourth-order valence-corrected chi connectivity index (χ4v) is 3.84. The molecule has 2 aromatic rings. The highest BCUT2D eigenvalue weighted by molar-refractivity contribution is 6.35. The lowest BCUT2D eigenvalue weighted by atomic mass is 9.85. The van der Waals surface area contributed by atoms with Gasteiger partial charge in [0.1, 0.15) is 0 Å². The molecule has 10 heteroatoms. The summed E-state index contributed by atoms with van der Waals surface area (Å²) in [6, 6.07) is 7.67. The first-order valence-electron chi connectivity index (χ1n) is 8.53. The van der Waals surface area contributed by atoms with E-state index in [0.717, 1.165) is 12.1 Å². The highest BCUT2D eigenvalue weighted by atomic mass is 35.5. The molecule has 4 rings (SSSR count). The Morgan fingerprint density at radius 2 is 1.59 bits per heavy atom. The van der Waals surface area contributed by atoms with E-state index < -0.39 is 45.3 Å². The van der Waals surface area contributed by atoms with Gasteiger partial charge in [0.2, 0.25) is 0 Å². The van der Waals surface area contributed by atoms with Crippen LogP contribution >= 0.6 is 23.2 Å². The molecule has 2 aromatic carbocycles. The predicted molar refractivity (Wildman–Crippen MR) is 98.5 cm³/mol. The number of hydrogen-bond donors (Lipinski definition) is 1. The van der Waals surface area contributed by atoms with Crippen molar-refractivity contribution in [3.05, 3.63) is 69.0 Å². The van der Waals surface area contributed by atoms with Gasteiger partial charge in [-0.05, 0) is 23.3 Å². The number of nitrogens with zero attached hydrogens (tertiary/aromatic N) is 1. The molecule has 2 heterocycles. The highest BCUT2D eigenvalue weighted by Gasteiger charge is 2.62. The first kappa shape index (κ1) is 20.4. The molecule has 0 unspecified atom stereocenters. The first-order chi connectivity index (χ1) is 13.6. The molecular weight excluding hydrogens is 438 g/mol. The second kappa shape index (κ2) is 6.82. The van der Waals surface area contributed by atoms with Gasteiger partial charge in [-0.1, -0.05) is 52.6 Å². The summed E-state index contributed by atoms with van der Waals surface area (Å²) < 4.78 is 70.1. The molecule has 0 amide bonds. The van der Waals surface area contributed by atoms with E-state index in [0.29, 0.717) is 11.1 Å². The van der Waals surface area contributed by atoms with Gasteiger partial charge in [0.15, 0.2) is 11.5 Å². The maximum absolute atomic E-state index is 14.4. The average molecular weight is 451 g/mol. The molecule has 1 N–H and O–H groups in total. The zero-order valence-corrected chi connectivity index (χ0v) is 16.1. The molecule has 0 aromatic heterocycles. The molecule has 29 heavy (non-hydrogen) atoms. The minimum absolute atomic E-state index is 0.0186. The van der Waals surface area contributed by atoms with E-state index in [1.165, 1.54) is 24.3 Å². The van der Waals surface area contributed by atoms with E-state index >= 15 is 0 Å². The molecule has 154 valence electrons. The lowest BCUT2D eigenvalue weighted by Gasteiger charge is -2.35. The lowest BCUT2D eigenvalue weighted by Crippen LogP contribution is -2.53. The van der Waals surface area contributed by atoms with Crippen molar-refractivity contribution in [1.82, 2.24) is 5.32 Å². The summed E-state index contributed by atoms with van der Waals surface area (Å²) >= 11 is 11.4. The first-order valence-corrected chi connectivity index (χ1v) is 9.29. The van der Waals surface area contributed by atoms with Crippen LogP contribution in [-0.2, 0) is 16.1 Å². The quantitative estimate of drug-likeness (QED) is 0.495. The zero-order chi connectivity index (χ0) is 21.0. The molecule has 0 spiro atoms. The van der Waals surface area contributed by atoms with Gasteiger partial charge in [0.25, 0.3) is 5.60 Å². The van der Waals surface area contributed by atoms with Crippen LogP contribution in [0.5, 0.6) is 0 Å². The monoisotopic (exact) mass is 450 g/mol. The Morgan fingerprint density at radius 1 is 1.00 bits per heavy atom. The van der Waals surface area contributed by atoms with Gasteiger partial charge in [-0.3, -0.25) is 0 Å². The third-order valence-corrected chi connectivity index (χ3v) is 5.73. The number of benzene rings is 2. The largest absolute Gasteiger partial charge is 0.435 e. The van der Waals surface area contributed by atoms with Gasteiger partial charge in [0, 0.05) is 25.1 Å². The lowest BCUT2D eigenvalue weighted by molar-refractivity contribution is -0.275. The van der Waals surface area contributed by atoms with Crippen molar-refractivity contribution in [1.29, 1.82) is 0 Å². The molecule has 0 radical (unpaired) electrons. The summed E-state index contributed by atoms with van der Waals surface area (Å²) in [5, 5.41) is 5.35. The van der Waals surface area contributed by atoms with Crippen LogP contribution in [-0.4, -0.2) is 25.0 Å². The maximum Gasteiger partial charge on any atom is 0.435 e. The smallest absolute Gasteiger partial charge is 0.374 e. The van der Waals surface area contributed by atoms with E-state index in [9.17, 15) is 22.0 Å². The fourth-order valence-electron chi connectivity index (χ4n) is 3.36. The third-order valence-electron chi connectivity index (χ3n) is 5.18. The molecule has 0 saturated carbocycles. The number of hydrogen-bond acceptors (Lipinski definition) is 3. The topological polar surface area (TPSA) is 33.6 Å². The van der Waals surface area contributed by atoms with Crippen LogP contribution in [0.25, 0.3) is 0 Å². The van der Waals surface area contributed by atoms with E-state index in [1.807, 2.05) is 0 Å². The van der Waals surface area contributed by atoms with Gasteiger partial charge < -0.3 is 10.2 Å². The van der Waals surface area contributed by atoms with Crippen molar-refractivity contribution < 1.29 is 26.8 Å². The molecule has 3 nitrogen and oxygen atoms in total. The van der Waals surface area contributed by atoms with Crippen molar-refractivity contribution in [3.8, 4) is 0 Å². The van der Waals surface area contributed by atoms with Gasteiger partial charge in [0.05, 0.1) is 15.8 Å². The van der Waals surface area contributed by atoms with Crippen molar-refractivity contribution >= 4 is 28.9 Å². The van der Waals surface area contributed by atoms with Crippen molar-refractivity contribution in [3.63, 3.8) is 0 Å². The number of halogens is 7. The number of alkyl halides is 4. The summed E-state index contributed by atoms with van der Waals surface area (Å²) in [5.41, 5.74) is -4.00. The van der Waals surface area contributed by atoms with E-state index in [1.54, 1.807) is 0 Å². The van der Waals surface area contributed by atoms with Crippen LogP contribution in [0.1, 0.15) is 23.1 Å². The second-order valence-electron chi connectivity index (χ2n) is 7.03. The predicted octanol–water partition coefficient (Wildman–Crippen LogP) is 5.48. The average Bonchev–Trinajstić information content (AvgIpc) is 3.11. The zero-order valence-electron chi connectivity index (χ0n) is 14.6. The molecule has 2 aliphatic heterocycles. The van der Waals surface area contributed by atoms with Crippen LogP contribution in [0.4, 0.5) is 22.0 Å². The molecule has 1 atom stereocenters. The standard InChI is InChI=1S/C19H13Cl2F5N2O/c20-13-5-12(6-14(21)16(13)22)18(19(24,25)26)7-15(28-29-18)10-1-3-11(4-2-10)17(23)8-27-9-17/h1-6,27H,7-9H2/t18-/m0/s1. The normalized spacial score (nSPS) is 23.3. The summed E-state index contributed by atoms with van der Waals surface area (Å²) in [6.07, 6.45) is -5.56. The van der Waals surface area contributed by atoms with Crippen LogP contribution in [0, 0.1) is 5.82 Å². The number of rotatable bonds is 3. The molecular formula is C19H13Cl2F5N2O. The van der Waals surface area contributed by atoms with Gasteiger partial charge in [-0.25, -0.2) is 8.78 Å². The van der Waals surface area contributed by atoms with E-state index in [-0.39, 0.29) is 18.8 Å². The Labute approximate surface area is 172 Å². The summed E-state index contributed by atoms with van der Waals surface area (Å²) in [4.78, 5) is 4.88. The third kappa shape index (κ3) is 3.27. The Balaban J connectivity index is 1.67. The molecule has 0 bridgehead atoms. The fraction of sp³-hybridized carbons (Fsp3) is 0.316. The Hall–Kier alpha value is -1.90. The van der Waals surface area contributed by atoms with E-state index in [4.69, 9.17) is 28.0 Å². The molecule has 0 aliphatic carbocycles. The van der Waals surface area contributed by atoms with Crippen LogP contribution in [0.15, 0.2) is 41.6 Å². The van der Waals surface area contributed by atoms with Crippen LogP contribution < -0.4 is 5.32 Å². The van der Waals surface area contributed by atoms with Gasteiger partial charge in [-0.2, -0.15) is 13.2 Å². The highest BCUT2D eigenvalue weighted by Crippen LogP contribution is 2.50.